The summed E-state index contributed by atoms with van der Waals surface area (Å²) in [6.45, 7) is 1.40. The van der Waals surface area contributed by atoms with Crippen molar-refractivity contribution in [2.24, 2.45) is 5.92 Å². The van der Waals surface area contributed by atoms with E-state index in [0.717, 1.165) is 19.3 Å². The molecule has 1 aliphatic rings. The molecular formula is C10H19NO4. The molecule has 15 heavy (non-hydrogen) atoms. The number of carboxylic acids is 1. The molecule has 0 amide bonds. The van der Waals surface area contributed by atoms with E-state index in [2.05, 4.69) is 5.32 Å². The Kier molecular flexibility index (Phi) is 4.07. The number of aliphatic hydroxyl groups excluding tert-OH is 1. The van der Waals surface area contributed by atoms with Gasteiger partial charge in [-0.15, -0.1) is 0 Å². The lowest BCUT2D eigenvalue weighted by Gasteiger charge is -2.24. The molecule has 5 nitrogen and oxygen atoms in total. The zero-order chi connectivity index (χ0) is 11.5. The summed E-state index contributed by atoms with van der Waals surface area (Å²) in [5.74, 6) is -1.04. The van der Waals surface area contributed by atoms with Crippen LogP contribution in [0.15, 0.2) is 0 Å². The highest BCUT2D eigenvalue weighted by atomic mass is 16.4. The summed E-state index contributed by atoms with van der Waals surface area (Å²) >= 11 is 0. The lowest BCUT2D eigenvalue weighted by atomic mass is 10.0. The van der Waals surface area contributed by atoms with E-state index in [0.29, 0.717) is 0 Å². The summed E-state index contributed by atoms with van der Waals surface area (Å²) in [5.41, 5.74) is -1.73. The molecule has 5 heteroatoms. The summed E-state index contributed by atoms with van der Waals surface area (Å²) < 4.78 is 0. The number of aliphatic carboxylic acids is 1. The Bertz CT molecular complexity index is 229. The molecule has 88 valence electrons. The molecule has 0 heterocycles. The second-order valence-electron chi connectivity index (χ2n) is 4.44. The standard InChI is InChI=1S/C10H19NO4/c1-10(15,9(13)14)6-11-8-4-2-3-7(8)5-12/h7-8,11-12,15H,2-6H2,1H3,(H,13,14). The first kappa shape index (κ1) is 12.4. The van der Waals surface area contributed by atoms with Crippen LogP contribution in [0.4, 0.5) is 0 Å². The summed E-state index contributed by atoms with van der Waals surface area (Å²) in [6, 6.07) is 0.126. The van der Waals surface area contributed by atoms with Gasteiger partial charge in [-0.2, -0.15) is 0 Å². The van der Waals surface area contributed by atoms with Gasteiger partial charge in [-0.1, -0.05) is 6.42 Å². The van der Waals surface area contributed by atoms with E-state index in [4.69, 9.17) is 10.2 Å². The normalized spacial score (nSPS) is 30.1. The molecule has 0 aromatic heterocycles. The van der Waals surface area contributed by atoms with Gasteiger partial charge < -0.3 is 20.6 Å². The topological polar surface area (TPSA) is 89.8 Å². The molecule has 1 aliphatic carbocycles. The quantitative estimate of drug-likeness (QED) is 0.502. The van der Waals surface area contributed by atoms with Crippen LogP contribution < -0.4 is 5.32 Å². The van der Waals surface area contributed by atoms with Crippen molar-refractivity contribution in [3.05, 3.63) is 0 Å². The molecule has 0 aromatic rings. The number of carbonyl (C=O) groups is 1. The van der Waals surface area contributed by atoms with Crippen molar-refractivity contribution < 1.29 is 20.1 Å². The molecule has 0 radical (unpaired) electrons. The highest BCUT2D eigenvalue weighted by molar-refractivity contribution is 5.76. The average molecular weight is 217 g/mol. The molecule has 1 fully saturated rings. The fourth-order valence-electron chi connectivity index (χ4n) is 1.93. The van der Waals surface area contributed by atoms with E-state index in [1.54, 1.807) is 0 Å². The zero-order valence-corrected chi connectivity index (χ0v) is 8.94. The third-order valence-electron chi connectivity index (χ3n) is 3.06. The Balaban J connectivity index is 2.39. The predicted molar refractivity (Wildman–Crippen MR) is 54.5 cm³/mol. The third kappa shape index (κ3) is 3.15. The molecule has 0 aliphatic heterocycles. The molecule has 0 spiro atoms. The van der Waals surface area contributed by atoms with Crippen LogP contribution in [0.5, 0.6) is 0 Å². The Labute approximate surface area is 89.1 Å². The summed E-state index contributed by atoms with van der Waals surface area (Å²) in [5, 5.41) is 30.3. The number of aliphatic hydroxyl groups is 2. The Morgan fingerprint density at radius 2 is 2.20 bits per heavy atom. The molecule has 1 saturated carbocycles. The van der Waals surface area contributed by atoms with Crippen molar-refractivity contribution in [1.82, 2.24) is 5.32 Å². The van der Waals surface area contributed by atoms with Crippen molar-refractivity contribution in [1.29, 1.82) is 0 Å². The second kappa shape index (κ2) is 4.92. The predicted octanol–water partition coefficient (Wildman–Crippen LogP) is -0.427. The molecule has 0 aromatic carbocycles. The summed E-state index contributed by atoms with van der Waals surface area (Å²) in [7, 11) is 0. The van der Waals surface area contributed by atoms with E-state index in [-0.39, 0.29) is 25.1 Å². The van der Waals surface area contributed by atoms with E-state index in [1.165, 1.54) is 6.92 Å². The first-order chi connectivity index (χ1) is 6.97. The maximum atomic E-state index is 10.6. The van der Waals surface area contributed by atoms with E-state index < -0.39 is 11.6 Å². The SMILES string of the molecule is CC(O)(CNC1CCCC1CO)C(=O)O. The van der Waals surface area contributed by atoms with Gasteiger partial charge in [0.25, 0.3) is 0 Å². The molecular weight excluding hydrogens is 198 g/mol. The van der Waals surface area contributed by atoms with Gasteiger partial charge in [0, 0.05) is 19.2 Å². The third-order valence-corrected chi connectivity index (χ3v) is 3.06. The lowest BCUT2D eigenvalue weighted by Crippen LogP contribution is -2.48. The second-order valence-corrected chi connectivity index (χ2v) is 4.44. The van der Waals surface area contributed by atoms with Crippen LogP contribution in [0, 0.1) is 5.92 Å². The number of carboxylic acid groups (broad SMARTS) is 1. The van der Waals surface area contributed by atoms with Crippen LogP contribution in [0.1, 0.15) is 26.2 Å². The Morgan fingerprint density at radius 3 is 2.73 bits per heavy atom. The molecule has 0 saturated heterocycles. The highest BCUT2D eigenvalue weighted by Crippen LogP contribution is 2.25. The van der Waals surface area contributed by atoms with Crippen molar-refractivity contribution in [3.63, 3.8) is 0 Å². The highest BCUT2D eigenvalue weighted by Gasteiger charge is 2.33. The molecule has 0 bridgehead atoms. The van der Waals surface area contributed by atoms with Gasteiger partial charge in [-0.25, -0.2) is 4.79 Å². The smallest absolute Gasteiger partial charge is 0.336 e. The fourth-order valence-corrected chi connectivity index (χ4v) is 1.93. The first-order valence-electron chi connectivity index (χ1n) is 5.27. The maximum Gasteiger partial charge on any atom is 0.336 e. The van der Waals surface area contributed by atoms with E-state index in [9.17, 15) is 9.90 Å². The van der Waals surface area contributed by atoms with Crippen molar-refractivity contribution in [2.75, 3.05) is 13.2 Å². The molecule has 4 N–H and O–H groups in total. The number of hydrogen-bond acceptors (Lipinski definition) is 4. The minimum absolute atomic E-state index is 0.0174. The lowest BCUT2D eigenvalue weighted by molar-refractivity contribution is -0.156. The van der Waals surface area contributed by atoms with Gasteiger partial charge in [0.2, 0.25) is 0 Å². The Hall–Kier alpha value is -0.650. The molecule has 1 rings (SSSR count). The van der Waals surface area contributed by atoms with Gasteiger partial charge in [0.05, 0.1) is 0 Å². The number of hydrogen-bond donors (Lipinski definition) is 4. The van der Waals surface area contributed by atoms with E-state index >= 15 is 0 Å². The van der Waals surface area contributed by atoms with Gasteiger partial charge in [0.1, 0.15) is 0 Å². The maximum absolute atomic E-state index is 10.6. The molecule has 3 unspecified atom stereocenters. The van der Waals surface area contributed by atoms with Gasteiger partial charge in [-0.3, -0.25) is 0 Å². The minimum atomic E-state index is -1.73. The molecule has 3 atom stereocenters. The fraction of sp³-hybridized carbons (Fsp3) is 0.900. The number of rotatable bonds is 5. The van der Waals surface area contributed by atoms with E-state index in [1.807, 2.05) is 0 Å². The van der Waals surface area contributed by atoms with Crippen LogP contribution in [-0.4, -0.2) is 46.1 Å². The largest absolute Gasteiger partial charge is 0.479 e. The number of nitrogens with one attached hydrogen (secondary N) is 1. The van der Waals surface area contributed by atoms with Crippen LogP contribution in [0.2, 0.25) is 0 Å². The van der Waals surface area contributed by atoms with Crippen molar-refractivity contribution in [3.8, 4) is 0 Å². The van der Waals surface area contributed by atoms with Crippen molar-refractivity contribution >= 4 is 5.97 Å². The monoisotopic (exact) mass is 217 g/mol. The van der Waals surface area contributed by atoms with Crippen LogP contribution >= 0.6 is 0 Å². The van der Waals surface area contributed by atoms with Gasteiger partial charge >= 0.3 is 5.97 Å². The average Bonchev–Trinajstić information content (AvgIpc) is 2.61. The van der Waals surface area contributed by atoms with Gasteiger partial charge in [-0.05, 0) is 25.7 Å². The van der Waals surface area contributed by atoms with Gasteiger partial charge in [0.15, 0.2) is 5.60 Å². The van der Waals surface area contributed by atoms with Crippen LogP contribution in [-0.2, 0) is 4.79 Å². The zero-order valence-electron chi connectivity index (χ0n) is 8.94. The van der Waals surface area contributed by atoms with Crippen LogP contribution in [0.3, 0.4) is 0 Å². The minimum Gasteiger partial charge on any atom is -0.479 e. The summed E-state index contributed by atoms with van der Waals surface area (Å²) in [6.07, 6.45) is 2.93. The van der Waals surface area contributed by atoms with Crippen molar-refractivity contribution in [2.45, 2.75) is 37.8 Å². The Morgan fingerprint density at radius 1 is 1.53 bits per heavy atom. The first-order valence-corrected chi connectivity index (χ1v) is 5.27. The van der Waals surface area contributed by atoms with Crippen LogP contribution in [0.25, 0.3) is 0 Å². The summed E-state index contributed by atoms with van der Waals surface area (Å²) in [4.78, 5) is 10.6.